The van der Waals surface area contributed by atoms with Gasteiger partial charge in [-0.2, -0.15) is 5.10 Å². The van der Waals surface area contributed by atoms with Crippen LogP contribution in [-0.4, -0.2) is 22.6 Å². The van der Waals surface area contributed by atoms with Crippen LogP contribution in [0, 0.1) is 5.82 Å². The van der Waals surface area contributed by atoms with Crippen molar-refractivity contribution in [2.75, 3.05) is 12.4 Å². The lowest BCUT2D eigenvalue weighted by atomic mass is 9.77. The highest BCUT2D eigenvalue weighted by Gasteiger charge is 2.40. The van der Waals surface area contributed by atoms with Crippen molar-refractivity contribution in [2.45, 2.75) is 12.5 Å². The van der Waals surface area contributed by atoms with Gasteiger partial charge in [0.05, 0.1) is 5.52 Å². The minimum Gasteiger partial charge on any atom is -0.371 e. The standard InChI is InChI=1S/C35H28FN3O/c1-24(40)25-18-20-32(36)30(22-25)26-19-21-33-31(23-26)34(37-2)38-39(33)35(27-12-6-3-7-13-27,28-14-8-4-9-15-28)29-16-10-5-11-17-29/h3-23H,1-2H3,(H,37,38). The van der Waals surface area contributed by atoms with Crippen LogP contribution in [0.1, 0.15) is 34.0 Å². The van der Waals surface area contributed by atoms with E-state index in [2.05, 4.69) is 46.4 Å². The van der Waals surface area contributed by atoms with Crippen molar-refractivity contribution in [2.24, 2.45) is 0 Å². The SMILES string of the molecule is CNc1nn(C(c2ccccc2)(c2ccccc2)c2ccccc2)c2ccc(-c3cc(C(C)=O)ccc3F)cc12. The van der Waals surface area contributed by atoms with Gasteiger partial charge in [-0.05, 0) is 59.5 Å². The second-order valence-electron chi connectivity index (χ2n) is 9.80. The van der Waals surface area contributed by atoms with Crippen LogP contribution >= 0.6 is 0 Å². The van der Waals surface area contributed by atoms with Crippen LogP contribution in [0.4, 0.5) is 10.2 Å². The van der Waals surface area contributed by atoms with Crippen LogP contribution in [-0.2, 0) is 5.54 Å². The van der Waals surface area contributed by atoms with E-state index in [-0.39, 0.29) is 11.6 Å². The lowest BCUT2D eigenvalue weighted by molar-refractivity contribution is 0.101. The number of benzene rings is 5. The van der Waals surface area contributed by atoms with Crippen LogP contribution in [0.2, 0.25) is 0 Å². The minimum atomic E-state index is -0.793. The van der Waals surface area contributed by atoms with Gasteiger partial charge in [0.1, 0.15) is 11.4 Å². The zero-order valence-electron chi connectivity index (χ0n) is 22.3. The van der Waals surface area contributed by atoms with Gasteiger partial charge in [0.25, 0.3) is 0 Å². The van der Waals surface area contributed by atoms with Gasteiger partial charge in [-0.15, -0.1) is 0 Å². The molecule has 0 aliphatic heterocycles. The van der Waals surface area contributed by atoms with Crippen molar-refractivity contribution in [3.05, 3.63) is 155 Å². The molecule has 6 aromatic rings. The molecule has 5 aromatic carbocycles. The predicted octanol–water partition coefficient (Wildman–Crippen LogP) is 7.93. The van der Waals surface area contributed by atoms with Gasteiger partial charge in [0.15, 0.2) is 11.6 Å². The third kappa shape index (κ3) is 4.07. The van der Waals surface area contributed by atoms with Crippen molar-refractivity contribution in [1.82, 2.24) is 9.78 Å². The van der Waals surface area contributed by atoms with E-state index in [4.69, 9.17) is 5.10 Å². The molecule has 1 heterocycles. The number of rotatable bonds is 7. The highest BCUT2D eigenvalue weighted by Crippen LogP contribution is 2.44. The summed E-state index contributed by atoms with van der Waals surface area (Å²) in [6, 6.07) is 41.4. The molecule has 0 unspecified atom stereocenters. The fraction of sp³-hybridized carbons (Fsp3) is 0.0857. The van der Waals surface area contributed by atoms with Crippen molar-refractivity contribution < 1.29 is 9.18 Å². The zero-order valence-corrected chi connectivity index (χ0v) is 22.3. The molecule has 40 heavy (non-hydrogen) atoms. The summed E-state index contributed by atoms with van der Waals surface area (Å²) in [6.45, 7) is 1.49. The molecule has 1 N–H and O–H groups in total. The first-order valence-electron chi connectivity index (χ1n) is 13.2. The summed E-state index contributed by atoms with van der Waals surface area (Å²) in [5, 5.41) is 9.28. The smallest absolute Gasteiger partial charge is 0.159 e. The van der Waals surface area contributed by atoms with Gasteiger partial charge in [0, 0.05) is 23.6 Å². The lowest BCUT2D eigenvalue weighted by Gasteiger charge is -2.37. The summed E-state index contributed by atoms with van der Waals surface area (Å²) in [5.74, 6) is 0.187. The molecule has 0 fully saturated rings. The molecular formula is C35H28FN3O. The Balaban J connectivity index is 1.69. The van der Waals surface area contributed by atoms with Gasteiger partial charge in [-0.1, -0.05) is 97.1 Å². The molecule has 4 nitrogen and oxygen atoms in total. The van der Waals surface area contributed by atoms with E-state index < -0.39 is 5.54 Å². The summed E-state index contributed by atoms with van der Waals surface area (Å²) >= 11 is 0. The molecule has 0 aliphatic carbocycles. The predicted molar refractivity (Wildman–Crippen MR) is 159 cm³/mol. The Morgan fingerprint density at radius 3 is 1.80 bits per heavy atom. The molecule has 0 spiro atoms. The van der Waals surface area contributed by atoms with Crippen LogP contribution in [0.3, 0.4) is 0 Å². The number of Topliss-reactive ketones (excluding diaryl/α,β-unsaturated/α-hetero) is 1. The number of ketones is 1. The number of hydrogen-bond donors (Lipinski definition) is 1. The normalized spacial score (nSPS) is 11.5. The van der Waals surface area contributed by atoms with Crippen molar-refractivity contribution >= 4 is 22.5 Å². The van der Waals surface area contributed by atoms with Gasteiger partial charge in [0.2, 0.25) is 0 Å². The summed E-state index contributed by atoms with van der Waals surface area (Å²) < 4.78 is 17.1. The maximum absolute atomic E-state index is 15.0. The molecular weight excluding hydrogens is 497 g/mol. The first-order valence-corrected chi connectivity index (χ1v) is 13.2. The van der Waals surface area contributed by atoms with Crippen molar-refractivity contribution in [3.8, 4) is 11.1 Å². The van der Waals surface area contributed by atoms with Crippen molar-refractivity contribution in [3.63, 3.8) is 0 Å². The molecule has 0 radical (unpaired) electrons. The number of anilines is 1. The number of nitrogens with one attached hydrogen (secondary N) is 1. The Bertz CT molecular complexity index is 1720. The average molecular weight is 526 g/mol. The summed E-state index contributed by atoms with van der Waals surface area (Å²) in [5.41, 5.74) is 4.79. The molecule has 0 saturated carbocycles. The second kappa shape index (κ2) is 10.3. The number of carbonyl (C=O) groups is 1. The second-order valence-corrected chi connectivity index (χ2v) is 9.80. The monoisotopic (exact) mass is 525 g/mol. The van der Waals surface area contributed by atoms with E-state index in [0.29, 0.717) is 22.5 Å². The van der Waals surface area contributed by atoms with Crippen LogP contribution in [0.5, 0.6) is 0 Å². The van der Waals surface area contributed by atoms with Crippen LogP contribution < -0.4 is 5.32 Å². The van der Waals surface area contributed by atoms with Gasteiger partial charge < -0.3 is 5.32 Å². The summed E-state index contributed by atoms with van der Waals surface area (Å²) in [6.07, 6.45) is 0. The number of fused-ring (bicyclic) bond motifs is 1. The fourth-order valence-corrected chi connectivity index (χ4v) is 5.60. The first-order chi connectivity index (χ1) is 19.5. The van der Waals surface area contributed by atoms with Gasteiger partial charge in [-0.3, -0.25) is 4.79 Å². The molecule has 196 valence electrons. The quantitative estimate of drug-likeness (QED) is 0.170. The highest BCUT2D eigenvalue weighted by atomic mass is 19.1. The third-order valence-electron chi connectivity index (χ3n) is 7.49. The van der Waals surface area contributed by atoms with Crippen LogP contribution in [0.25, 0.3) is 22.0 Å². The number of hydrogen-bond acceptors (Lipinski definition) is 3. The van der Waals surface area contributed by atoms with E-state index in [1.54, 1.807) is 6.07 Å². The molecule has 6 rings (SSSR count). The Hall–Kier alpha value is -5.03. The number of carbonyl (C=O) groups excluding carboxylic acids is 1. The number of halogens is 1. The topological polar surface area (TPSA) is 46.9 Å². The van der Waals surface area contributed by atoms with E-state index in [9.17, 15) is 4.79 Å². The zero-order chi connectivity index (χ0) is 27.7. The molecule has 1 aromatic heterocycles. The molecule has 5 heteroatoms. The van der Waals surface area contributed by atoms with Gasteiger partial charge in [-0.25, -0.2) is 9.07 Å². The third-order valence-corrected chi connectivity index (χ3v) is 7.49. The molecule has 0 bridgehead atoms. The maximum atomic E-state index is 15.0. The van der Waals surface area contributed by atoms with E-state index >= 15 is 4.39 Å². The summed E-state index contributed by atoms with van der Waals surface area (Å²) in [7, 11) is 1.84. The van der Waals surface area contributed by atoms with E-state index in [1.807, 2.05) is 79.8 Å². The Kier molecular flexibility index (Phi) is 6.48. The average Bonchev–Trinajstić information content (AvgIpc) is 3.37. The van der Waals surface area contributed by atoms with E-state index in [0.717, 1.165) is 27.6 Å². The lowest BCUT2D eigenvalue weighted by Crippen LogP contribution is -2.38. The highest BCUT2D eigenvalue weighted by molar-refractivity contribution is 5.97. The molecule has 0 atom stereocenters. The first kappa shape index (κ1) is 25.3. The number of aromatic nitrogens is 2. The van der Waals surface area contributed by atoms with Crippen LogP contribution in [0.15, 0.2) is 127 Å². The Morgan fingerprint density at radius 2 is 1.30 bits per heavy atom. The number of nitrogens with zero attached hydrogens (tertiary/aromatic N) is 2. The Labute approximate surface area is 232 Å². The van der Waals surface area contributed by atoms with Gasteiger partial charge >= 0.3 is 0 Å². The largest absolute Gasteiger partial charge is 0.371 e. The fourth-order valence-electron chi connectivity index (χ4n) is 5.60. The van der Waals surface area contributed by atoms with E-state index in [1.165, 1.54) is 19.1 Å². The summed E-state index contributed by atoms with van der Waals surface area (Å²) in [4.78, 5) is 12.0. The Morgan fingerprint density at radius 1 is 0.750 bits per heavy atom. The molecule has 0 saturated heterocycles. The molecule has 0 aliphatic rings. The minimum absolute atomic E-state index is 0.107. The maximum Gasteiger partial charge on any atom is 0.159 e. The molecule has 0 amide bonds. The van der Waals surface area contributed by atoms with Crippen molar-refractivity contribution in [1.29, 1.82) is 0 Å².